The highest BCUT2D eigenvalue weighted by Gasteiger charge is 2.30. The second-order valence-electron chi connectivity index (χ2n) is 6.32. The quantitative estimate of drug-likeness (QED) is 0.784. The molecule has 2 aromatic rings. The van der Waals surface area contributed by atoms with Gasteiger partial charge in [-0.15, -0.1) is 11.3 Å². The van der Waals surface area contributed by atoms with Gasteiger partial charge in [0, 0.05) is 23.7 Å². The molecule has 5 nitrogen and oxygen atoms in total. The fourth-order valence-electron chi connectivity index (χ4n) is 2.85. The predicted octanol–water partition coefficient (Wildman–Crippen LogP) is 3.15. The van der Waals surface area contributed by atoms with E-state index in [1.807, 2.05) is 10.3 Å². The number of nitrogens with zero attached hydrogens (tertiary/aromatic N) is 3. The summed E-state index contributed by atoms with van der Waals surface area (Å²) in [6.07, 6.45) is 2.45. The van der Waals surface area contributed by atoms with Crippen molar-refractivity contribution in [2.24, 2.45) is 5.73 Å². The lowest BCUT2D eigenvalue weighted by molar-refractivity contribution is -0.119. The zero-order valence-corrected chi connectivity index (χ0v) is 15.3. The molecule has 1 heterocycles. The van der Waals surface area contributed by atoms with Gasteiger partial charge in [0.2, 0.25) is 5.91 Å². The van der Waals surface area contributed by atoms with Crippen LogP contribution in [0.25, 0.3) is 0 Å². The molecule has 0 aliphatic heterocycles. The van der Waals surface area contributed by atoms with Crippen molar-refractivity contribution in [1.29, 1.82) is 0 Å². The molecule has 1 atom stereocenters. The van der Waals surface area contributed by atoms with E-state index in [9.17, 15) is 9.18 Å². The molecule has 1 aliphatic carbocycles. The van der Waals surface area contributed by atoms with Crippen molar-refractivity contribution >= 4 is 28.1 Å². The molecular weight excluding hydrogens is 339 g/mol. The molecule has 0 radical (unpaired) electrons. The van der Waals surface area contributed by atoms with Crippen LogP contribution in [0.2, 0.25) is 0 Å². The number of anilines is 2. The molecule has 1 aromatic heterocycles. The Balaban J connectivity index is 1.81. The number of nitrogens with two attached hydrogens (primary N) is 1. The minimum Gasteiger partial charge on any atom is -0.368 e. The first-order valence-electron chi connectivity index (χ1n) is 8.52. The first-order valence-corrected chi connectivity index (χ1v) is 9.40. The van der Waals surface area contributed by atoms with Gasteiger partial charge >= 0.3 is 0 Å². The normalized spacial score (nSPS) is 15.0. The fraction of sp³-hybridized carbons (Fsp3) is 0.444. The van der Waals surface area contributed by atoms with Crippen LogP contribution in [0.3, 0.4) is 0 Å². The highest BCUT2D eigenvalue weighted by molar-refractivity contribution is 7.13. The molecule has 1 fully saturated rings. The Bertz CT molecular complexity index is 729. The smallest absolute Gasteiger partial charge is 0.239 e. The van der Waals surface area contributed by atoms with Gasteiger partial charge in [-0.05, 0) is 51.0 Å². The Kier molecular flexibility index (Phi) is 5.22. The van der Waals surface area contributed by atoms with Gasteiger partial charge in [-0.25, -0.2) is 9.37 Å². The summed E-state index contributed by atoms with van der Waals surface area (Å²) in [5.41, 5.74) is 7.13. The second kappa shape index (κ2) is 7.39. The number of halogens is 1. The molecule has 0 saturated heterocycles. The first kappa shape index (κ1) is 17.7. The summed E-state index contributed by atoms with van der Waals surface area (Å²) in [4.78, 5) is 20.6. The average Bonchev–Trinajstić information content (AvgIpc) is 3.32. The number of rotatable bonds is 8. The van der Waals surface area contributed by atoms with Crippen LogP contribution < -0.4 is 15.5 Å². The summed E-state index contributed by atoms with van der Waals surface area (Å²) in [5, 5.41) is 3.04. The summed E-state index contributed by atoms with van der Waals surface area (Å²) >= 11 is 1.62. The predicted molar refractivity (Wildman–Crippen MR) is 99.4 cm³/mol. The Hall–Kier alpha value is -2.15. The van der Waals surface area contributed by atoms with Gasteiger partial charge in [0.05, 0.1) is 12.2 Å². The molecule has 0 bridgehead atoms. The molecule has 1 amide bonds. The maximum Gasteiger partial charge on any atom is 0.239 e. The maximum atomic E-state index is 13.2. The number of amides is 1. The number of carbonyl (C=O) groups excluding carboxylic acids is 1. The minimum atomic E-state index is -0.513. The highest BCUT2D eigenvalue weighted by Crippen LogP contribution is 2.33. The van der Waals surface area contributed by atoms with E-state index < -0.39 is 11.9 Å². The molecule has 25 heavy (non-hydrogen) atoms. The summed E-state index contributed by atoms with van der Waals surface area (Å²) in [6.45, 7) is 5.28. The van der Waals surface area contributed by atoms with Gasteiger partial charge < -0.3 is 15.5 Å². The Labute approximate surface area is 151 Å². The summed E-state index contributed by atoms with van der Waals surface area (Å²) in [6, 6.07) is 6.18. The lowest BCUT2D eigenvalue weighted by Gasteiger charge is -2.28. The third kappa shape index (κ3) is 4.10. The van der Waals surface area contributed by atoms with E-state index in [0.29, 0.717) is 12.6 Å². The number of hydrogen-bond donors (Lipinski definition) is 1. The van der Waals surface area contributed by atoms with Crippen LogP contribution in [0.5, 0.6) is 0 Å². The molecular formula is C18H23FN4OS. The van der Waals surface area contributed by atoms with Gasteiger partial charge in [-0.3, -0.25) is 4.79 Å². The molecule has 134 valence electrons. The van der Waals surface area contributed by atoms with E-state index in [4.69, 9.17) is 10.7 Å². The number of thiazole rings is 1. The molecule has 1 aromatic carbocycles. The summed E-state index contributed by atoms with van der Waals surface area (Å²) in [5.74, 6) is -0.734. The molecule has 7 heteroatoms. The molecule has 0 spiro atoms. The maximum absolute atomic E-state index is 13.2. The van der Waals surface area contributed by atoms with Crippen molar-refractivity contribution in [2.75, 3.05) is 16.3 Å². The molecule has 0 unspecified atom stereocenters. The number of aromatic nitrogens is 1. The van der Waals surface area contributed by atoms with Gasteiger partial charge in [0.25, 0.3) is 0 Å². The van der Waals surface area contributed by atoms with Crippen molar-refractivity contribution < 1.29 is 9.18 Å². The lowest BCUT2D eigenvalue weighted by atomic mass is 10.2. The van der Waals surface area contributed by atoms with Gasteiger partial charge in [-0.2, -0.15) is 0 Å². The monoisotopic (exact) mass is 362 g/mol. The molecule has 1 aliphatic rings. The van der Waals surface area contributed by atoms with Crippen LogP contribution in [-0.4, -0.2) is 29.5 Å². The van der Waals surface area contributed by atoms with E-state index in [1.54, 1.807) is 30.4 Å². The number of primary amides is 1. The van der Waals surface area contributed by atoms with E-state index in [1.165, 1.54) is 25.0 Å². The minimum absolute atomic E-state index is 0.311. The second-order valence-corrected chi connectivity index (χ2v) is 7.16. The van der Waals surface area contributed by atoms with Crippen LogP contribution in [0.1, 0.15) is 32.4 Å². The Morgan fingerprint density at radius 1 is 1.40 bits per heavy atom. The zero-order chi connectivity index (χ0) is 18.0. The van der Waals surface area contributed by atoms with Crippen molar-refractivity contribution in [3.63, 3.8) is 0 Å². The van der Waals surface area contributed by atoms with Crippen LogP contribution in [-0.2, 0) is 11.3 Å². The lowest BCUT2D eigenvalue weighted by Crippen LogP contribution is -2.42. The van der Waals surface area contributed by atoms with Crippen molar-refractivity contribution in [1.82, 2.24) is 4.98 Å². The number of carbonyl (C=O) groups is 1. The fourth-order valence-corrected chi connectivity index (χ4v) is 3.80. The van der Waals surface area contributed by atoms with E-state index >= 15 is 0 Å². The highest BCUT2D eigenvalue weighted by atomic mass is 32.1. The summed E-state index contributed by atoms with van der Waals surface area (Å²) < 4.78 is 13.2. The van der Waals surface area contributed by atoms with Crippen LogP contribution in [0.4, 0.5) is 15.2 Å². The third-order valence-corrected chi connectivity index (χ3v) is 5.41. The Morgan fingerprint density at radius 2 is 2.08 bits per heavy atom. The molecule has 3 rings (SSSR count). The van der Waals surface area contributed by atoms with Gasteiger partial charge in [0.15, 0.2) is 5.13 Å². The molecule has 1 saturated carbocycles. The topological polar surface area (TPSA) is 62.5 Å². The average molecular weight is 362 g/mol. The van der Waals surface area contributed by atoms with Crippen molar-refractivity contribution in [3.05, 3.63) is 41.2 Å². The van der Waals surface area contributed by atoms with Crippen LogP contribution in [0, 0.1) is 5.82 Å². The third-order valence-electron chi connectivity index (χ3n) is 4.48. The zero-order valence-electron chi connectivity index (χ0n) is 14.5. The van der Waals surface area contributed by atoms with Crippen LogP contribution >= 0.6 is 11.3 Å². The van der Waals surface area contributed by atoms with Crippen LogP contribution in [0.15, 0.2) is 29.6 Å². The summed E-state index contributed by atoms with van der Waals surface area (Å²) in [7, 11) is 0. The van der Waals surface area contributed by atoms with Crippen molar-refractivity contribution in [3.8, 4) is 0 Å². The van der Waals surface area contributed by atoms with E-state index in [-0.39, 0.29) is 5.82 Å². The largest absolute Gasteiger partial charge is 0.368 e. The number of hydrogen-bond acceptors (Lipinski definition) is 5. The van der Waals surface area contributed by atoms with Crippen molar-refractivity contribution in [2.45, 2.75) is 45.3 Å². The van der Waals surface area contributed by atoms with Gasteiger partial charge in [-0.1, -0.05) is 0 Å². The number of benzene rings is 1. The van der Waals surface area contributed by atoms with E-state index in [0.717, 1.165) is 23.1 Å². The standard InChI is InChI=1S/C18H23FN4OS/c1-3-22(15-8-9-15)18-21-14(11-25-18)10-23(12(2)17(20)24)16-6-4-13(19)5-7-16/h4-7,11-12,15H,3,8-10H2,1-2H3,(H2,20,24)/t12-/m0/s1. The SMILES string of the molecule is CCN(c1nc(CN(c2ccc(F)cc2)[C@@H](C)C(N)=O)cs1)C1CC1. The first-order chi connectivity index (χ1) is 12.0. The van der Waals surface area contributed by atoms with E-state index in [2.05, 4.69) is 11.8 Å². The molecule has 2 N–H and O–H groups in total. The van der Waals surface area contributed by atoms with Gasteiger partial charge in [0.1, 0.15) is 11.9 Å². The Morgan fingerprint density at radius 3 is 2.64 bits per heavy atom.